The van der Waals surface area contributed by atoms with Gasteiger partial charge in [0.15, 0.2) is 4.77 Å². The van der Waals surface area contributed by atoms with E-state index in [4.69, 9.17) is 22.7 Å². The van der Waals surface area contributed by atoms with E-state index in [1.54, 1.807) is 18.5 Å². The van der Waals surface area contributed by atoms with Gasteiger partial charge in [-0.05, 0) is 87.1 Å². The normalized spacial score (nSPS) is 14.4. The molecular formula is C28H24F2N6S. The molecule has 2 aromatic carbocycles. The zero-order valence-corrected chi connectivity index (χ0v) is 21.2. The molecule has 2 fully saturated rings. The molecule has 0 atom stereocenters. The Balaban J connectivity index is 0.000000152. The minimum absolute atomic E-state index is 0.0386. The minimum atomic E-state index is -0.492. The molecule has 37 heavy (non-hydrogen) atoms. The molecule has 6 rings (SSSR count). The Morgan fingerprint density at radius 3 is 2.03 bits per heavy atom. The van der Waals surface area contributed by atoms with Crippen LogP contribution in [-0.4, -0.2) is 19.1 Å². The number of aromatic amines is 1. The first-order valence-corrected chi connectivity index (χ1v) is 12.5. The van der Waals surface area contributed by atoms with Crippen LogP contribution in [0.15, 0.2) is 43.0 Å². The van der Waals surface area contributed by atoms with Gasteiger partial charge in [0.2, 0.25) is 0 Å². The second kappa shape index (κ2) is 9.76. The molecule has 0 radical (unpaired) electrons. The Hall–Kier alpha value is -4.08. The summed E-state index contributed by atoms with van der Waals surface area (Å²) in [5.41, 5.74) is 5.43. The molecule has 2 aromatic heterocycles. The molecule has 2 heterocycles. The van der Waals surface area contributed by atoms with E-state index in [-0.39, 0.29) is 11.1 Å². The van der Waals surface area contributed by atoms with Crippen molar-refractivity contribution in [3.63, 3.8) is 0 Å². The summed E-state index contributed by atoms with van der Waals surface area (Å²) < 4.78 is 31.2. The van der Waals surface area contributed by atoms with Crippen LogP contribution in [0.3, 0.4) is 0 Å². The third-order valence-electron chi connectivity index (χ3n) is 6.70. The largest absolute Gasteiger partial charge is 0.334 e. The fraction of sp³-hybridized carbons (Fsp3) is 0.286. The SMILES string of the molecule is Cc1cc(F)c(C#N)cc1-n1cc(C2CC2)[nH]c1=S.Cc1cc(F)c(C#N)cc1-n1cnc(C2CC2)c1. The molecule has 0 amide bonds. The van der Waals surface area contributed by atoms with Gasteiger partial charge in [0, 0.05) is 29.9 Å². The third-order valence-corrected chi connectivity index (χ3v) is 7.00. The molecule has 2 aliphatic rings. The molecule has 2 saturated carbocycles. The van der Waals surface area contributed by atoms with Crippen LogP contribution in [0.25, 0.3) is 11.4 Å². The van der Waals surface area contributed by atoms with Crippen LogP contribution in [0.5, 0.6) is 0 Å². The molecule has 0 bridgehead atoms. The van der Waals surface area contributed by atoms with Crippen molar-refractivity contribution in [1.82, 2.24) is 19.1 Å². The maximum atomic E-state index is 13.5. The van der Waals surface area contributed by atoms with E-state index in [9.17, 15) is 8.78 Å². The molecule has 1 N–H and O–H groups in total. The highest BCUT2D eigenvalue weighted by Gasteiger charge is 2.26. The molecule has 6 nitrogen and oxygen atoms in total. The van der Waals surface area contributed by atoms with Gasteiger partial charge in [-0.25, -0.2) is 13.8 Å². The van der Waals surface area contributed by atoms with Crippen LogP contribution in [-0.2, 0) is 0 Å². The lowest BCUT2D eigenvalue weighted by Gasteiger charge is -2.07. The number of imidazole rings is 2. The van der Waals surface area contributed by atoms with Gasteiger partial charge in [-0.2, -0.15) is 10.5 Å². The quantitative estimate of drug-likeness (QED) is 0.304. The summed E-state index contributed by atoms with van der Waals surface area (Å²) in [5.74, 6) is 0.191. The van der Waals surface area contributed by atoms with Gasteiger partial charge in [0.05, 0.1) is 34.5 Å². The first-order valence-electron chi connectivity index (χ1n) is 12.1. The van der Waals surface area contributed by atoms with Crippen molar-refractivity contribution in [3.05, 3.63) is 93.0 Å². The smallest absolute Gasteiger partial charge is 0.182 e. The number of hydrogen-bond donors (Lipinski definition) is 1. The molecule has 4 aromatic rings. The second-order valence-electron chi connectivity index (χ2n) is 9.60. The summed E-state index contributed by atoms with van der Waals surface area (Å²) in [6.45, 7) is 3.64. The highest BCUT2D eigenvalue weighted by atomic mass is 32.1. The van der Waals surface area contributed by atoms with E-state index in [1.807, 2.05) is 47.5 Å². The number of rotatable bonds is 4. The number of aromatic nitrogens is 4. The number of benzene rings is 2. The number of nitrogens with zero attached hydrogens (tertiary/aromatic N) is 5. The second-order valence-corrected chi connectivity index (χ2v) is 9.99. The van der Waals surface area contributed by atoms with E-state index in [2.05, 4.69) is 9.97 Å². The fourth-order valence-electron chi connectivity index (χ4n) is 4.29. The van der Waals surface area contributed by atoms with Gasteiger partial charge >= 0.3 is 0 Å². The number of nitriles is 2. The van der Waals surface area contributed by atoms with E-state index < -0.39 is 11.6 Å². The van der Waals surface area contributed by atoms with Crippen molar-refractivity contribution in [2.45, 2.75) is 51.4 Å². The average Bonchev–Trinajstić information content (AvgIpc) is 3.81. The predicted molar refractivity (Wildman–Crippen MR) is 137 cm³/mol. The summed E-state index contributed by atoms with van der Waals surface area (Å²) in [4.78, 5) is 7.55. The minimum Gasteiger partial charge on any atom is -0.334 e. The standard InChI is InChI=1S/C14H12FN3S.C14H12FN3/c1-8-4-11(15)10(6-16)5-13(8)18-7-12(9-2-3-9)17-14(18)19;1-9-4-12(15)11(6-16)5-14(9)18-7-13(17-8-18)10-2-3-10/h4-5,7,9H,2-3H2,1H3,(H,17,19);4-5,7-8,10H,2-3H2,1H3. The van der Waals surface area contributed by atoms with Crippen molar-refractivity contribution in [3.8, 4) is 23.5 Å². The lowest BCUT2D eigenvalue weighted by Crippen LogP contribution is -1.98. The number of hydrogen-bond acceptors (Lipinski definition) is 4. The first kappa shape index (κ1) is 24.6. The summed E-state index contributed by atoms with van der Waals surface area (Å²) >= 11 is 5.30. The Morgan fingerprint density at radius 2 is 1.46 bits per heavy atom. The highest BCUT2D eigenvalue weighted by Crippen LogP contribution is 2.40. The van der Waals surface area contributed by atoms with Crippen LogP contribution in [0.4, 0.5) is 8.78 Å². The Labute approximate surface area is 218 Å². The average molecular weight is 515 g/mol. The van der Waals surface area contributed by atoms with Crippen LogP contribution >= 0.6 is 12.2 Å². The van der Waals surface area contributed by atoms with Gasteiger partial charge in [-0.15, -0.1) is 0 Å². The molecule has 186 valence electrons. The van der Waals surface area contributed by atoms with Crippen molar-refractivity contribution in [1.29, 1.82) is 10.5 Å². The van der Waals surface area contributed by atoms with Crippen LogP contribution in [0, 0.1) is 52.9 Å². The zero-order chi connectivity index (χ0) is 26.3. The first-order chi connectivity index (χ1) is 17.8. The fourth-order valence-corrected chi connectivity index (χ4v) is 4.55. The Bertz CT molecular complexity index is 1640. The maximum Gasteiger partial charge on any atom is 0.182 e. The van der Waals surface area contributed by atoms with Gasteiger partial charge in [0.1, 0.15) is 23.8 Å². The van der Waals surface area contributed by atoms with Crippen molar-refractivity contribution in [2.24, 2.45) is 0 Å². The molecule has 0 saturated heterocycles. The predicted octanol–water partition coefficient (Wildman–Crippen LogP) is 6.80. The number of aryl methyl sites for hydroxylation is 2. The number of nitrogens with one attached hydrogen (secondary N) is 1. The molecule has 2 aliphatic carbocycles. The summed E-state index contributed by atoms with van der Waals surface area (Å²) in [7, 11) is 0. The van der Waals surface area contributed by atoms with E-state index in [1.165, 1.54) is 37.8 Å². The lowest BCUT2D eigenvalue weighted by molar-refractivity contribution is 0.621. The highest BCUT2D eigenvalue weighted by molar-refractivity contribution is 7.71. The van der Waals surface area contributed by atoms with Crippen molar-refractivity contribution < 1.29 is 8.78 Å². The van der Waals surface area contributed by atoms with Crippen LogP contribution in [0.2, 0.25) is 0 Å². The summed E-state index contributed by atoms with van der Waals surface area (Å²) in [6.07, 6.45) is 10.4. The van der Waals surface area contributed by atoms with E-state index >= 15 is 0 Å². The van der Waals surface area contributed by atoms with Gasteiger partial charge in [-0.3, -0.25) is 4.57 Å². The maximum absolute atomic E-state index is 13.5. The monoisotopic (exact) mass is 514 g/mol. The molecule has 9 heteroatoms. The van der Waals surface area contributed by atoms with E-state index in [0.717, 1.165) is 33.9 Å². The summed E-state index contributed by atoms with van der Waals surface area (Å²) in [5, 5.41) is 17.8. The van der Waals surface area contributed by atoms with E-state index in [0.29, 0.717) is 16.6 Å². The third kappa shape index (κ3) is 5.09. The van der Waals surface area contributed by atoms with Gasteiger partial charge < -0.3 is 9.55 Å². The van der Waals surface area contributed by atoms with Gasteiger partial charge in [-0.1, -0.05) is 0 Å². The lowest BCUT2D eigenvalue weighted by atomic mass is 10.1. The van der Waals surface area contributed by atoms with Crippen LogP contribution in [0.1, 0.15) is 71.2 Å². The molecular weight excluding hydrogens is 490 g/mol. The Morgan fingerprint density at radius 1 is 0.892 bits per heavy atom. The summed E-state index contributed by atoms with van der Waals surface area (Å²) in [6, 6.07) is 9.61. The molecule has 0 aliphatic heterocycles. The molecule has 0 spiro atoms. The zero-order valence-electron chi connectivity index (χ0n) is 20.4. The number of halogens is 2. The van der Waals surface area contributed by atoms with Crippen LogP contribution < -0.4 is 0 Å². The molecule has 0 unspecified atom stereocenters. The Kier molecular flexibility index (Phi) is 6.49. The van der Waals surface area contributed by atoms with Crippen molar-refractivity contribution in [2.75, 3.05) is 0 Å². The van der Waals surface area contributed by atoms with Crippen molar-refractivity contribution >= 4 is 12.2 Å². The number of H-pyrrole nitrogens is 1. The topological polar surface area (TPSA) is 86.1 Å². The van der Waals surface area contributed by atoms with Gasteiger partial charge in [0.25, 0.3) is 0 Å².